The lowest BCUT2D eigenvalue weighted by Gasteiger charge is -2.26. The van der Waals surface area contributed by atoms with E-state index >= 15 is 0 Å². The van der Waals surface area contributed by atoms with Gasteiger partial charge < -0.3 is 10.0 Å². The van der Waals surface area contributed by atoms with Crippen molar-refractivity contribution < 1.29 is 14.3 Å². The lowest BCUT2D eigenvalue weighted by Crippen LogP contribution is -2.29. The number of amides is 1. The Balaban J connectivity index is 1.79. The van der Waals surface area contributed by atoms with Gasteiger partial charge in [-0.1, -0.05) is 29.8 Å². The molecule has 1 atom stereocenters. The van der Waals surface area contributed by atoms with E-state index in [0.717, 1.165) is 16.7 Å². The molecule has 0 saturated heterocycles. The number of hydrogen-bond acceptors (Lipinski definition) is 2. The molecule has 4 heteroatoms. The van der Waals surface area contributed by atoms with Crippen LogP contribution < -0.4 is 4.90 Å². The molecule has 0 fully saturated rings. The van der Waals surface area contributed by atoms with Crippen LogP contribution in [0.5, 0.6) is 5.75 Å². The molecular weight excluding hydrogens is 329 g/mol. The van der Waals surface area contributed by atoms with Crippen LogP contribution in [-0.4, -0.2) is 11.0 Å². The molecule has 0 bridgehead atoms. The molecule has 1 aliphatic heterocycles. The first kappa shape index (κ1) is 16.3. The van der Waals surface area contributed by atoms with Crippen LogP contribution in [0.4, 0.5) is 10.1 Å². The average molecular weight is 347 g/mol. The minimum absolute atomic E-state index is 0.0703. The minimum atomic E-state index is -0.330. The van der Waals surface area contributed by atoms with E-state index in [1.807, 2.05) is 37.3 Å². The Kier molecular flexibility index (Phi) is 3.96. The molecule has 1 aliphatic rings. The Morgan fingerprint density at radius 2 is 1.69 bits per heavy atom. The van der Waals surface area contributed by atoms with Crippen molar-refractivity contribution in [2.45, 2.75) is 19.4 Å². The number of aryl methyl sites for hydroxylation is 1. The highest BCUT2D eigenvalue weighted by atomic mass is 19.1. The van der Waals surface area contributed by atoms with Crippen LogP contribution in [0.25, 0.3) is 0 Å². The molecule has 1 amide bonds. The second-order valence-corrected chi connectivity index (χ2v) is 6.63. The fraction of sp³-hybridized carbons (Fsp3) is 0.136. The number of phenolic OH excluding ortho intramolecular Hbond substituents is 1. The Labute approximate surface area is 151 Å². The number of nitrogens with zero attached hydrogens (tertiary/aromatic N) is 1. The Morgan fingerprint density at radius 1 is 1.00 bits per heavy atom. The van der Waals surface area contributed by atoms with E-state index in [1.165, 1.54) is 12.1 Å². The molecule has 0 saturated carbocycles. The number of phenols is 1. The van der Waals surface area contributed by atoms with Gasteiger partial charge in [0.05, 0.1) is 6.04 Å². The quantitative estimate of drug-likeness (QED) is 0.740. The van der Waals surface area contributed by atoms with Gasteiger partial charge in [0.1, 0.15) is 11.6 Å². The van der Waals surface area contributed by atoms with E-state index in [4.69, 9.17) is 0 Å². The van der Waals surface area contributed by atoms with Crippen LogP contribution >= 0.6 is 0 Å². The van der Waals surface area contributed by atoms with Crippen molar-refractivity contribution in [2.24, 2.45) is 0 Å². The zero-order chi connectivity index (χ0) is 18.3. The second kappa shape index (κ2) is 6.30. The van der Waals surface area contributed by atoms with Gasteiger partial charge in [-0.05, 0) is 66.9 Å². The third-order valence-electron chi connectivity index (χ3n) is 4.80. The SMILES string of the molecule is Cc1ccc2c(c1)C(=O)N(c1ccc(F)cc1)C2Cc1ccc(O)cc1. The molecule has 4 rings (SSSR count). The Morgan fingerprint density at radius 3 is 2.38 bits per heavy atom. The molecule has 1 unspecified atom stereocenters. The summed E-state index contributed by atoms with van der Waals surface area (Å²) in [5.74, 6) is -0.189. The lowest BCUT2D eigenvalue weighted by molar-refractivity contribution is 0.0991. The summed E-state index contributed by atoms with van der Waals surface area (Å²) in [5, 5.41) is 9.50. The maximum absolute atomic E-state index is 13.3. The molecule has 0 radical (unpaired) electrons. The van der Waals surface area contributed by atoms with E-state index in [0.29, 0.717) is 17.7 Å². The monoisotopic (exact) mass is 347 g/mol. The first-order valence-corrected chi connectivity index (χ1v) is 8.50. The van der Waals surface area contributed by atoms with E-state index < -0.39 is 0 Å². The highest BCUT2D eigenvalue weighted by Crippen LogP contribution is 2.40. The molecule has 3 nitrogen and oxygen atoms in total. The first-order valence-electron chi connectivity index (χ1n) is 8.50. The van der Waals surface area contributed by atoms with Crippen LogP contribution in [0.15, 0.2) is 66.7 Å². The number of fused-ring (bicyclic) bond motifs is 1. The fourth-order valence-electron chi connectivity index (χ4n) is 3.51. The predicted molar refractivity (Wildman–Crippen MR) is 98.9 cm³/mol. The summed E-state index contributed by atoms with van der Waals surface area (Å²) >= 11 is 0. The van der Waals surface area contributed by atoms with Crippen LogP contribution in [0.3, 0.4) is 0 Å². The molecule has 130 valence electrons. The normalized spacial score (nSPS) is 16.0. The summed E-state index contributed by atoms with van der Waals surface area (Å²) in [6.07, 6.45) is 0.611. The van der Waals surface area contributed by atoms with E-state index in [-0.39, 0.29) is 23.5 Å². The summed E-state index contributed by atoms with van der Waals surface area (Å²) in [6.45, 7) is 1.96. The van der Waals surface area contributed by atoms with Gasteiger partial charge in [-0.15, -0.1) is 0 Å². The molecule has 0 aliphatic carbocycles. The van der Waals surface area contributed by atoms with Gasteiger partial charge in [0.25, 0.3) is 5.91 Å². The molecule has 3 aromatic carbocycles. The van der Waals surface area contributed by atoms with Crippen molar-refractivity contribution in [3.8, 4) is 5.75 Å². The fourth-order valence-corrected chi connectivity index (χ4v) is 3.51. The van der Waals surface area contributed by atoms with Gasteiger partial charge in [-0.3, -0.25) is 4.79 Å². The summed E-state index contributed by atoms with van der Waals surface area (Å²) in [6, 6.07) is 18.7. The smallest absolute Gasteiger partial charge is 0.259 e. The molecule has 26 heavy (non-hydrogen) atoms. The van der Waals surface area contributed by atoms with Gasteiger partial charge in [0, 0.05) is 11.3 Å². The number of halogens is 1. The lowest BCUT2D eigenvalue weighted by atomic mass is 9.97. The number of anilines is 1. The van der Waals surface area contributed by atoms with Crippen LogP contribution in [-0.2, 0) is 6.42 Å². The Bertz CT molecular complexity index is 964. The molecule has 1 N–H and O–H groups in total. The van der Waals surface area contributed by atoms with Gasteiger partial charge >= 0.3 is 0 Å². The number of aromatic hydroxyl groups is 1. The summed E-state index contributed by atoms with van der Waals surface area (Å²) in [4.78, 5) is 14.8. The largest absolute Gasteiger partial charge is 0.508 e. The van der Waals surface area contributed by atoms with Gasteiger partial charge in [-0.2, -0.15) is 0 Å². The number of carbonyl (C=O) groups excluding carboxylic acids is 1. The third-order valence-corrected chi connectivity index (χ3v) is 4.80. The van der Waals surface area contributed by atoms with Crippen LogP contribution in [0.1, 0.15) is 33.1 Å². The Hall–Kier alpha value is -3.14. The minimum Gasteiger partial charge on any atom is -0.508 e. The van der Waals surface area contributed by atoms with E-state index in [1.54, 1.807) is 29.2 Å². The number of hydrogen-bond donors (Lipinski definition) is 1. The molecular formula is C22H18FNO2. The zero-order valence-corrected chi connectivity index (χ0v) is 14.3. The van der Waals surface area contributed by atoms with Crippen LogP contribution in [0.2, 0.25) is 0 Å². The number of carbonyl (C=O) groups is 1. The second-order valence-electron chi connectivity index (χ2n) is 6.63. The topological polar surface area (TPSA) is 40.5 Å². The molecule has 1 heterocycles. The number of rotatable bonds is 3. The summed E-state index contributed by atoms with van der Waals surface area (Å²) in [5.41, 5.74) is 4.38. The maximum Gasteiger partial charge on any atom is 0.259 e. The highest BCUT2D eigenvalue weighted by molar-refractivity contribution is 6.11. The van der Waals surface area contributed by atoms with Gasteiger partial charge in [-0.25, -0.2) is 4.39 Å². The van der Waals surface area contributed by atoms with Gasteiger partial charge in [0.2, 0.25) is 0 Å². The highest BCUT2D eigenvalue weighted by Gasteiger charge is 2.37. The molecule has 0 spiro atoms. The third kappa shape index (κ3) is 2.84. The van der Waals surface area contributed by atoms with E-state index in [9.17, 15) is 14.3 Å². The summed E-state index contributed by atoms with van der Waals surface area (Å²) < 4.78 is 13.3. The van der Waals surface area contributed by atoms with Gasteiger partial charge in [0.15, 0.2) is 0 Å². The van der Waals surface area contributed by atoms with Crippen molar-refractivity contribution in [1.29, 1.82) is 0 Å². The first-order chi connectivity index (χ1) is 12.5. The predicted octanol–water partition coefficient (Wildman–Crippen LogP) is 4.78. The average Bonchev–Trinajstić information content (AvgIpc) is 2.89. The van der Waals surface area contributed by atoms with Crippen molar-refractivity contribution in [3.05, 3.63) is 94.8 Å². The van der Waals surface area contributed by atoms with Crippen LogP contribution in [0, 0.1) is 12.7 Å². The van der Waals surface area contributed by atoms with Crippen molar-refractivity contribution in [1.82, 2.24) is 0 Å². The summed E-state index contributed by atoms with van der Waals surface area (Å²) in [7, 11) is 0. The van der Waals surface area contributed by atoms with E-state index in [2.05, 4.69) is 0 Å². The number of benzene rings is 3. The van der Waals surface area contributed by atoms with Crippen molar-refractivity contribution in [3.63, 3.8) is 0 Å². The van der Waals surface area contributed by atoms with Crippen molar-refractivity contribution >= 4 is 11.6 Å². The molecule has 3 aromatic rings. The maximum atomic E-state index is 13.3. The standard InChI is InChI=1S/C22H18FNO2/c1-14-2-11-19-20(12-14)22(26)24(17-7-5-16(23)6-8-17)21(19)13-15-3-9-18(25)10-4-15/h2-12,21,25H,13H2,1H3. The molecule has 0 aromatic heterocycles. The van der Waals surface area contributed by atoms with Crippen molar-refractivity contribution in [2.75, 3.05) is 4.90 Å². The zero-order valence-electron chi connectivity index (χ0n) is 14.3.